The van der Waals surface area contributed by atoms with Gasteiger partial charge in [0, 0.05) is 6.20 Å². The Labute approximate surface area is 121 Å². The van der Waals surface area contributed by atoms with Gasteiger partial charge < -0.3 is 0 Å². The van der Waals surface area contributed by atoms with Gasteiger partial charge in [-0.15, -0.1) is 0 Å². The second-order valence-electron chi connectivity index (χ2n) is 4.39. The summed E-state index contributed by atoms with van der Waals surface area (Å²) in [6, 6.07) is 13.6. The Balaban J connectivity index is 1.85. The number of nitrogens with one attached hydrogen (secondary N) is 1. The molecular weight excluding hydrogens is 288 g/mol. The summed E-state index contributed by atoms with van der Waals surface area (Å²) < 4.78 is 24.5. The van der Waals surface area contributed by atoms with Crippen LogP contribution in [0.4, 0.5) is 0 Å². The largest absolute Gasteiger partial charge is 0.258 e. The van der Waals surface area contributed by atoms with E-state index < -0.39 is 9.84 Å². The third kappa shape index (κ3) is 2.97. The highest BCUT2D eigenvalue weighted by Gasteiger charge is 2.18. The predicted octanol–water partition coefficient (Wildman–Crippen LogP) is 1.84. The third-order valence-corrected chi connectivity index (χ3v) is 4.49. The Morgan fingerprint density at radius 2 is 1.76 bits per heavy atom. The SMILES string of the molecule is O=S(=O)(Cc1n[nH]c(-c2ccccn2)n1)c1ccccc1. The second kappa shape index (κ2) is 5.45. The standard InChI is InChI=1S/C14H12N4O2S/c19-21(20,11-6-2-1-3-7-11)10-13-16-14(18-17-13)12-8-4-5-9-15-12/h1-9H,10H2,(H,16,17,18). The minimum absolute atomic E-state index is 0.222. The van der Waals surface area contributed by atoms with E-state index >= 15 is 0 Å². The van der Waals surface area contributed by atoms with Gasteiger partial charge in [-0.05, 0) is 24.3 Å². The number of aromatic amines is 1. The molecule has 106 valence electrons. The maximum absolute atomic E-state index is 12.2. The number of nitrogens with zero attached hydrogens (tertiary/aromatic N) is 3. The van der Waals surface area contributed by atoms with E-state index in [0.717, 1.165) is 0 Å². The number of hydrogen-bond donors (Lipinski definition) is 1. The van der Waals surface area contributed by atoms with Crippen LogP contribution in [0.3, 0.4) is 0 Å². The Bertz CT molecular complexity index is 830. The summed E-state index contributed by atoms with van der Waals surface area (Å²) in [6.07, 6.45) is 1.64. The fraction of sp³-hybridized carbons (Fsp3) is 0.0714. The molecule has 7 heteroatoms. The van der Waals surface area contributed by atoms with Crippen molar-refractivity contribution in [3.8, 4) is 11.5 Å². The molecule has 2 heterocycles. The molecule has 0 unspecified atom stereocenters. The van der Waals surface area contributed by atoms with Crippen LogP contribution in [0.15, 0.2) is 59.6 Å². The van der Waals surface area contributed by atoms with Crippen molar-refractivity contribution >= 4 is 9.84 Å². The summed E-state index contributed by atoms with van der Waals surface area (Å²) in [7, 11) is -3.45. The Hall–Kier alpha value is -2.54. The number of hydrogen-bond acceptors (Lipinski definition) is 5. The van der Waals surface area contributed by atoms with E-state index in [1.54, 1.807) is 48.7 Å². The van der Waals surface area contributed by atoms with Gasteiger partial charge in [-0.25, -0.2) is 13.4 Å². The maximum atomic E-state index is 12.2. The molecule has 0 bridgehead atoms. The summed E-state index contributed by atoms with van der Waals surface area (Å²) in [5.41, 5.74) is 0.619. The van der Waals surface area contributed by atoms with Crippen LogP contribution in [0.2, 0.25) is 0 Å². The van der Waals surface area contributed by atoms with E-state index in [0.29, 0.717) is 11.5 Å². The normalized spacial score (nSPS) is 11.4. The molecule has 0 saturated heterocycles. The van der Waals surface area contributed by atoms with Crippen molar-refractivity contribution < 1.29 is 8.42 Å². The summed E-state index contributed by atoms with van der Waals surface area (Å²) in [5, 5.41) is 6.66. The molecule has 0 aliphatic rings. The van der Waals surface area contributed by atoms with Crippen molar-refractivity contribution in [1.82, 2.24) is 20.2 Å². The number of pyridine rings is 1. The van der Waals surface area contributed by atoms with E-state index in [2.05, 4.69) is 20.2 Å². The molecule has 1 N–H and O–H groups in total. The minimum atomic E-state index is -3.45. The van der Waals surface area contributed by atoms with E-state index in [1.165, 1.54) is 0 Å². The van der Waals surface area contributed by atoms with Gasteiger partial charge in [0.05, 0.1) is 4.90 Å². The molecule has 0 radical (unpaired) electrons. The van der Waals surface area contributed by atoms with Crippen LogP contribution >= 0.6 is 0 Å². The molecule has 0 fully saturated rings. The van der Waals surface area contributed by atoms with Crippen LogP contribution in [0.5, 0.6) is 0 Å². The molecular formula is C14H12N4O2S. The lowest BCUT2D eigenvalue weighted by Crippen LogP contribution is -2.06. The predicted molar refractivity (Wildman–Crippen MR) is 76.9 cm³/mol. The lowest BCUT2D eigenvalue weighted by atomic mass is 10.3. The molecule has 0 aliphatic carbocycles. The Morgan fingerprint density at radius 3 is 2.48 bits per heavy atom. The fourth-order valence-electron chi connectivity index (χ4n) is 1.86. The first kappa shape index (κ1) is 13.4. The fourth-order valence-corrected chi connectivity index (χ4v) is 3.07. The van der Waals surface area contributed by atoms with Gasteiger partial charge in [0.1, 0.15) is 11.4 Å². The second-order valence-corrected chi connectivity index (χ2v) is 6.38. The molecule has 0 atom stereocenters. The number of rotatable bonds is 4. The summed E-state index contributed by atoms with van der Waals surface area (Å²) >= 11 is 0. The smallest absolute Gasteiger partial charge is 0.185 e. The first-order valence-electron chi connectivity index (χ1n) is 6.26. The minimum Gasteiger partial charge on any atom is -0.258 e. The first-order chi connectivity index (χ1) is 10.1. The van der Waals surface area contributed by atoms with Crippen LogP contribution in [-0.4, -0.2) is 28.6 Å². The molecule has 6 nitrogen and oxygen atoms in total. The molecule has 3 rings (SSSR count). The quantitative estimate of drug-likeness (QED) is 0.794. The van der Waals surface area contributed by atoms with Crippen molar-refractivity contribution in [2.45, 2.75) is 10.6 Å². The highest BCUT2D eigenvalue weighted by molar-refractivity contribution is 7.90. The van der Waals surface area contributed by atoms with Gasteiger partial charge in [-0.1, -0.05) is 24.3 Å². The van der Waals surface area contributed by atoms with Gasteiger partial charge in [-0.2, -0.15) is 5.10 Å². The van der Waals surface area contributed by atoms with E-state index in [9.17, 15) is 8.42 Å². The third-order valence-electron chi connectivity index (χ3n) is 2.86. The maximum Gasteiger partial charge on any atom is 0.185 e. The number of benzene rings is 1. The molecule has 1 aromatic carbocycles. The van der Waals surface area contributed by atoms with E-state index in [4.69, 9.17) is 0 Å². The van der Waals surface area contributed by atoms with Crippen LogP contribution < -0.4 is 0 Å². The summed E-state index contributed by atoms with van der Waals surface area (Å²) in [4.78, 5) is 8.58. The zero-order valence-corrected chi connectivity index (χ0v) is 11.8. The average Bonchev–Trinajstić information content (AvgIpc) is 2.97. The molecule has 0 spiro atoms. The molecule has 21 heavy (non-hydrogen) atoms. The highest BCUT2D eigenvalue weighted by Crippen LogP contribution is 2.16. The molecule has 0 amide bonds. The lowest BCUT2D eigenvalue weighted by molar-refractivity contribution is 0.594. The molecule has 0 saturated carbocycles. The number of H-pyrrole nitrogens is 1. The summed E-state index contributed by atoms with van der Waals surface area (Å²) in [6.45, 7) is 0. The van der Waals surface area contributed by atoms with Crippen molar-refractivity contribution in [3.63, 3.8) is 0 Å². The topological polar surface area (TPSA) is 88.6 Å². The van der Waals surface area contributed by atoms with Crippen molar-refractivity contribution in [2.24, 2.45) is 0 Å². The van der Waals surface area contributed by atoms with Gasteiger partial charge in [0.2, 0.25) is 0 Å². The number of aromatic nitrogens is 4. The molecule has 0 aliphatic heterocycles. The van der Waals surface area contributed by atoms with Gasteiger partial charge in [0.15, 0.2) is 21.5 Å². The zero-order valence-electron chi connectivity index (χ0n) is 11.0. The van der Waals surface area contributed by atoms with Gasteiger partial charge in [-0.3, -0.25) is 10.1 Å². The monoisotopic (exact) mass is 300 g/mol. The van der Waals surface area contributed by atoms with Crippen LogP contribution in [0, 0.1) is 0 Å². The first-order valence-corrected chi connectivity index (χ1v) is 7.91. The summed E-state index contributed by atoms with van der Waals surface area (Å²) in [5.74, 6) is 0.425. The van der Waals surface area contributed by atoms with E-state index in [1.807, 2.05) is 6.07 Å². The van der Waals surface area contributed by atoms with Gasteiger partial charge >= 0.3 is 0 Å². The van der Waals surface area contributed by atoms with Crippen LogP contribution in [0.25, 0.3) is 11.5 Å². The van der Waals surface area contributed by atoms with E-state index in [-0.39, 0.29) is 16.5 Å². The highest BCUT2D eigenvalue weighted by atomic mass is 32.2. The number of sulfone groups is 1. The molecule has 3 aromatic rings. The average molecular weight is 300 g/mol. The van der Waals surface area contributed by atoms with Gasteiger partial charge in [0.25, 0.3) is 0 Å². The lowest BCUT2D eigenvalue weighted by Gasteiger charge is -2.00. The molecule has 2 aromatic heterocycles. The van der Waals surface area contributed by atoms with Crippen LogP contribution in [0.1, 0.15) is 5.82 Å². The van der Waals surface area contributed by atoms with Crippen LogP contribution in [-0.2, 0) is 15.6 Å². The Kier molecular flexibility index (Phi) is 3.49. The Morgan fingerprint density at radius 1 is 1.00 bits per heavy atom. The van der Waals surface area contributed by atoms with Crippen molar-refractivity contribution in [1.29, 1.82) is 0 Å². The zero-order chi connectivity index (χ0) is 14.7. The van der Waals surface area contributed by atoms with Crippen molar-refractivity contribution in [2.75, 3.05) is 0 Å². The van der Waals surface area contributed by atoms with Crippen molar-refractivity contribution in [3.05, 3.63) is 60.6 Å².